The third-order valence-corrected chi connectivity index (χ3v) is 6.01. The first kappa shape index (κ1) is 21.8. The fourth-order valence-electron chi connectivity index (χ4n) is 3.66. The molecular formula is C24H24N4O3S. The van der Waals surface area contributed by atoms with Gasteiger partial charge in [0.25, 0.3) is 5.91 Å². The molecule has 32 heavy (non-hydrogen) atoms. The highest BCUT2D eigenvalue weighted by Crippen LogP contribution is 2.38. The maximum atomic E-state index is 13.0. The molecule has 0 radical (unpaired) electrons. The number of primary sulfonamides is 1. The second-order valence-electron chi connectivity index (χ2n) is 7.88. The number of carbonyl (C=O) groups excluding carboxylic acids is 1. The number of hydrogen-bond donors (Lipinski definition) is 3. The number of nitrogens with one attached hydrogen (secondary N) is 2. The molecule has 4 rings (SSSR count). The van der Waals surface area contributed by atoms with E-state index in [0.29, 0.717) is 22.5 Å². The number of hydrogen-bond acceptors (Lipinski definition) is 5. The summed E-state index contributed by atoms with van der Waals surface area (Å²) in [6.07, 6.45) is 0. The zero-order chi connectivity index (χ0) is 22.9. The molecular weight excluding hydrogens is 424 g/mol. The van der Waals surface area contributed by atoms with Crippen molar-refractivity contribution in [2.24, 2.45) is 5.14 Å². The van der Waals surface area contributed by atoms with Crippen molar-refractivity contribution in [3.05, 3.63) is 89.5 Å². The molecule has 3 aromatic carbocycles. The van der Waals surface area contributed by atoms with Crippen molar-refractivity contribution in [2.75, 3.05) is 24.7 Å². The zero-order valence-electron chi connectivity index (χ0n) is 17.8. The summed E-state index contributed by atoms with van der Waals surface area (Å²) < 4.78 is 23.8. The summed E-state index contributed by atoms with van der Waals surface area (Å²) in [5.74, 6) is -0.317. The van der Waals surface area contributed by atoms with E-state index in [1.165, 1.54) is 12.1 Å². The molecule has 4 N–H and O–H groups in total. The Bertz CT molecular complexity index is 1300. The Morgan fingerprint density at radius 1 is 1.00 bits per heavy atom. The van der Waals surface area contributed by atoms with Gasteiger partial charge in [0.2, 0.25) is 10.0 Å². The molecule has 0 unspecified atom stereocenters. The average molecular weight is 449 g/mol. The van der Waals surface area contributed by atoms with Crippen LogP contribution in [0.3, 0.4) is 0 Å². The van der Waals surface area contributed by atoms with Gasteiger partial charge in [-0.05, 0) is 55.6 Å². The third-order valence-electron chi connectivity index (χ3n) is 5.10. The van der Waals surface area contributed by atoms with Crippen molar-refractivity contribution < 1.29 is 13.2 Å². The van der Waals surface area contributed by atoms with Crippen LogP contribution < -0.4 is 15.8 Å². The smallest absolute Gasteiger partial charge is 0.258 e. The summed E-state index contributed by atoms with van der Waals surface area (Å²) in [6, 6.07) is 21.8. The van der Waals surface area contributed by atoms with Crippen molar-refractivity contribution in [3.63, 3.8) is 0 Å². The van der Waals surface area contributed by atoms with E-state index in [2.05, 4.69) is 15.5 Å². The first-order valence-corrected chi connectivity index (χ1v) is 11.6. The van der Waals surface area contributed by atoms with Crippen LogP contribution in [0.25, 0.3) is 11.3 Å². The van der Waals surface area contributed by atoms with Crippen LogP contribution in [0.1, 0.15) is 16.7 Å². The number of sulfonamides is 1. The molecule has 0 saturated carbocycles. The first-order chi connectivity index (χ1) is 15.2. The summed E-state index contributed by atoms with van der Waals surface area (Å²) in [6.45, 7) is 0.818. The van der Waals surface area contributed by atoms with E-state index in [-0.39, 0.29) is 10.8 Å². The second kappa shape index (κ2) is 8.58. The molecule has 7 nitrogen and oxygen atoms in total. The van der Waals surface area contributed by atoms with E-state index in [9.17, 15) is 13.2 Å². The van der Waals surface area contributed by atoms with Gasteiger partial charge >= 0.3 is 0 Å². The fourth-order valence-corrected chi connectivity index (χ4v) is 4.20. The molecule has 1 aliphatic rings. The number of carbonyl (C=O) groups is 1. The van der Waals surface area contributed by atoms with Crippen molar-refractivity contribution >= 4 is 38.6 Å². The number of benzene rings is 3. The molecule has 1 aliphatic heterocycles. The normalized spacial score (nSPS) is 14.8. The van der Waals surface area contributed by atoms with Crippen molar-refractivity contribution in [1.82, 2.24) is 4.90 Å². The Morgan fingerprint density at radius 2 is 1.69 bits per heavy atom. The van der Waals surface area contributed by atoms with Crippen LogP contribution in [0.15, 0.2) is 77.7 Å². The van der Waals surface area contributed by atoms with Gasteiger partial charge in [0, 0.05) is 23.5 Å². The minimum Gasteiger partial charge on any atom is -0.354 e. The van der Waals surface area contributed by atoms with Crippen LogP contribution in [0.5, 0.6) is 0 Å². The van der Waals surface area contributed by atoms with E-state index < -0.39 is 10.0 Å². The lowest BCUT2D eigenvalue weighted by atomic mass is 10.00. The standard InChI is InChI=1S/C24H24N4O3S/c1-28(2)15-16-8-10-18(11-9-16)26-23(17-6-4-3-5-7-17)22-20-14-19(32(25,30)31)12-13-21(20)27-24(22)29/h3-14,26H,15H2,1-2H3,(H,27,29)(H2,25,30,31)/b23-22-. The van der Waals surface area contributed by atoms with Gasteiger partial charge in [0.05, 0.1) is 16.2 Å². The van der Waals surface area contributed by atoms with Crippen LogP contribution in [0, 0.1) is 0 Å². The van der Waals surface area contributed by atoms with Gasteiger partial charge < -0.3 is 15.5 Å². The minimum atomic E-state index is -3.92. The maximum Gasteiger partial charge on any atom is 0.258 e. The Hall–Kier alpha value is -3.46. The summed E-state index contributed by atoms with van der Waals surface area (Å²) >= 11 is 0. The van der Waals surface area contributed by atoms with Gasteiger partial charge in [0.1, 0.15) is 0 Å². The molecule has 8 heteroatoms. The predicted molar refractivity (Wildman–Crippen MR) is 127 cm³/mol. The number of fused-ring (bicyclic) bond motifs is 1. The van der Waals surface area contributed by atoms with E-state index in [4.69, 9.17) is 5.14 Å². The molecule has 164 valence electrons. The molecule has 0 aromatic heterocycles. The van der Waals surface area contributed by atoms with Gasteiger partial charge in [0.15, 0.2) is 0 Å². The van der Waals surface area contributed by atoms with Crippen LogP contribution >= 0.6 is 0 Å². The fraction of sp³-hybridized carbons (Fsp3) is 0.125. The molecule has 1 heterocycles. The Kier molecular flexibility index (Phi) is 5.84. The highest BCUT2D eigenvalue weighted by molar-refractivity contribution is 7.89. The average Bonchev–Trinajstić information content (AvgIpc) is 3.07. The number of amides is 1. The second-order valence-corrected chi connectivity index (χ2v) is 9.44. The topological polar surface area (TPSA) is 105 Å². The molecule has 0 saturated heterocycles. The Balaban J connectivity index is 1.84. The highest BCUT2D eigenvalue weighted by atomic mass is 32.2. The third kappa shape index (κ3) is 4.57. The number of nitrogens with two attached hydrogens (primary N) is 1. The van der Waals surface area contributed by atoms with Crippen molar-refractivity contribution in [2.45, 2.75) is 11.4 Å². The number of nitrogens with zero attached hydrogens (tertiary/aromatic N) is 1. The molecule has 0 fully saturated rings. The van der Waals surface area contributed by atoms with Gasteiger partial charge in [-0.25, -0.2) is 13.6 Å². The summed E-state index contributed by atoms with van der Waals surface area (Å²) in [5.41, 5.74) is 4.72. The van der Waals surface area contributed by atoms with Crippen molar-refractivity contribution in [1.29, 1.82) is 0 Å². The summed E-state index contributed by atoms with van der Waals surface area (Å²) in [7, 11) is 0.105. The van der Waals surface area contributed by atoms with E-state index in [0.717, 1.165) is 23.4 Å². The monoisotopic (exact) mass is 448 g/mol. The molecule has 0 aliphatic carbocycles. The first-order valence-electron chi connectivity index (χ1n) is 10.0. The lowest BCUT2D eigenvalue weighted by Crippen LogP contribution is -2.12. The maximum absolute atomic E-state index is 13.0. The van der Waals surface area contributed by atoms with E-state index in [1.54, 1.807) is 6.07 Å². The van der Waals surface area contributed by atoms with Crippen molar-refractivity contribution in [3.8, 4) is 0 Å². The summed E-state index contributed by atoms with van der Waals surface area (Å²) in [4.78, 5) is 15.0. The molecule has 0 bridgehead atoms. The lowest BCUT2D eigenvalue weighted by molar-refractivity contribution is -0.110. The number of rotatable bonds is 6. The Labute approximate surface area is 187 Å². The van der Waals surface area contributed by atoms with Crippen LogP contribution in [0.4, 0.5) is 11.4 Å². The van der Waals surface area contributed by atoms with Gasteiger partial charge in [-0.1, -0.05) is 42.5 Å². The molecule has 3 aromatic rings. The van der Waals surface area contributed by atoms with Crippen LogP contribution in [0.2, 0.25) is 0 Å². The largest absolute Gasteiger partial charge is 0.354 e. The SMILES string of the molecule is CN(C)Cc1ccc(N/C(=C2\C(=O)Nc3ccc(S(N)(=O)=O)cc32)c2ccccc2)cc1. The van der Waals surface area contributed by atoms with Crippen LogP contribution in [-0.2, 0) is 21.4 Å². The van der Waals surface area contributed by atoms with Gasteiger partial charge in [-0.15, -0.1) is 0 Å². The molecule has 1 amide bonds. The number of anilines is 2. The summed E-state index contributed by atoms with van der Waals surface area (Å²) in [5, 5.41) is 11.5. The minimum absolute atomic E-state index is 0.0503. The Morgan fingerprint density at radius 3 is 2.31 bits per heavy atom. The molecule has 0 spiro atoms. The highest BCUT2D eigenvalue weighted by Gasteiger charge is 2.29. The lowest BCUT2D eigenvalue weighted by Gasteiger charge is -2.16. The van der Waals surface area contributed by atoms with Gasteiger partial charge in [-0.3, -0.25) is 4.79 Å². The quantitative estimate of drug-likeness (QED) is 0.502. The molecule has 0 atom stereocenters. The van der Waals surface area contributed by atoms with E-state index >= 15 is 0 Å². The van der Waals surface area contributed by atoms with E-state index in [1.807, 2.05) is 68.7 Å². The van der Waals surface area contributed by atoms with Gasteiger partial charge in [-0.2, -0.15) is 0 Å². The van der Waals surface area contributed by atoms with Crippen LogP contribution in [-0.4, -0.2) is 33.3 Å². The zero-order valence-corrected chi connectivity index (χ0v) is 18.6. The predicted octanol–water partition coefficient (Wildman–Crippen LogP) is 3.33.